The van der Waals surface area contributed by atoms with E-state index in [1.807, 2.05) is 24.8 Å². The maximum atomic E-state index is 13.7. The van der Waals surface area contributed by atoms with Gasteiger partial charge >= 0.3 is 6.09 Å². The van der Waals surface area contributed by atoms with E-state index in [1.165, 1.54) is 12.1 Å². The van der Waals surface area contributed by atoms with Gasteiger partial charge in [-0.2, -0.15) is 0 Å². The minimum Gasteiger partial charge on any atom is -0.449 e. The van der Waals surface area contributed by atoms with Crippen LogP contribution in [0.3, 0.4) is 0 Å². The van der Waals surface area contributed by atoms with Crippen molar-refractivity contribution in [1.82, 2.24) is 9.80 Å². The predicted molar refractivity (Wildman–Crippen MR) is 96.3 cm³/mol. The Bertz CT molecular complexity index is 665. The Morgan fingerprint density at radius 1 is 1.15 bits per heavy atom. The number of hydrogen-bond donors (Lipinski definition) is 0. The molecule has 1 aromatic carbocycles. The summed E-state index contributed by atoms with van der Waals surface area (Å²) in [6, 6.07) is 6.40. The quantitative estimate of drug-likeness (QED) is 0.827. The predicted octanol–water partition coefficient (Wildman–Crippen LogP) is 3.18. The lowest BCUT2D eigenvalue weighted by Crippen LogP contribution is -2.57. The molecule has 0 atom stereocenters. The molecule has 0 aromatic heterocycles. The fraction of sp³-hybridized carbons (Fsp3) is 0.600. The molecule has 2 fully saturated rings. The highest BCUT2D eigenvalue weighted by Gasteiger charge is 2.48. The lowest BCUT2D eigenvalue weighted by atomic mass is 9.63. The number of carbonyl (C=O) groups is 2. The molecular formula is C20H27FN2O3. The molecule has 1 saturated carbocycles. The molecular weight excluding hydrogens is 335 g/mol. The number of amides is 2. The van der Waals surface area contributed by atoms with Crippen LogP contribution in [0.1, 0.15) is 38.7 Å². The van der Waals surface area contributed by atoms with E-state index in [0.717, 1.165) is 24.8 Å². The fourth-order valence-electron chi connectivity index (χ4n) is 3.67. The van der Waals surface area contributed by atoms with Gasteiger partial charge in [-0.1, -0.05) is 32.4 Å². The number of rotatable bonds is 4. The van der Waals surface area contributed by atoms with E-state index in [2.05, 4.69) is 0 Å². The highest BCUT2D eigenvalue weighted by atomic mass is 19.1. The largest absolute Gasteiger partial charge is 0.449 e. The molecule has 142 valence electrons. The number of hydrogen-bond acceptors (Lipinski definition) is 3. The van der Waals surface area contributed by atoms with Gasteiger partial charge in [0, 0.05) is 26.2 Å². The summed E-state index contributed by atoms with van der Waals surface area (Å²) in [7, 11) is 0. The monoisotopic (exact) mass is 362 g/mol. The van der Waals surface area contributed by atoms with Gasteiger partial charge in [0.2, 0.25) is 5.91 Å². The van der Waals surface area contributed by atoms with Crippen LogP contribution in [0, 0.1) is 11.7 Å². The van der Waals surface area contributed by atoms with E-state index in [4.69, 9.17) is 4.74 Å². The fourth-order valence-corrected chi connectivity index (χ4v) is 3.67. The third-order valence-electron chi connectivity index (χ3n) is 5.36. The average molecular weight is 362 g/mol. The Morgan fingerprint density at radius 3 is 2.35 bits per heavy atom. The zero-order valence-electron chi connectivity index (χ0n) is 15.5. The van der Waals surface area contributed by atoms with Crippen molar-refractivity contribution in [1.29, 1.82) is 0 Å². The molecule has 6 heteroatoms. The minimum atomic E-state index is -0.595. The van der Waals surface area contributed by atoms with Crippen LogP contribution in [-0.4, -0.2) is 54.6 Å². The summed E-state index contributed by atoms with van der Waals surface area (Å²) in [5.74, 6) is 0.0513. The van der Waals surface area contributed by atoms with Crippen LogP contribution in [-0.2, 0) is 14.9 Å². The number of carbonyl (C=O) groups excluding carboxylic acids is 2. The first-order chi connectivity index (χ1) is 12.4. The van der Waals surface area contributed by atoms with Gasteiger partial charge in [0.15, 0.2) is 0 Å². The highest BCUT2D eigenvalue weighted by Crippen LogP contribution is 2.45. The Hall–Kier alpha value is -2.11. The van der Waals surface area contributed by atoms with Crippen LogP contribution in [0.2, 0.25) is 0 Å². The Kier molecular flexibility index (Phi) is 5.49. The van der Waals surface area contributed by atoms with Crippen LogP contribution in [0.5, 0.6) is 0 Å². The second kappa shape index (κ2) is 7.64. The molecule has 5 nitrogen and oxygen atoms in total. The Balaban J connectivity index is 1.62. The van der Waals surface area contributed by atoms with Crippen LogP contribution >= 0.6 is 0 Å². The van der Waals surface area contributed by atoms with E-state index in [-0.39, 0.29) is 17.8 Å². The van der Waals surface area contributed by atoms with E-state index >= 15 is 0 Å². The summed E-state index contributed by atoms with van der Waals surface area (Å²) in [5, 5.41) is 0. The third-order valence-corrected chi connectivity index (χ3v) is 5.36. The Morgan fingerprint density at radius 2 is 1.81 bits per heavy atom. The van der Waals surface area contributed by atoms with Gasteiger partial charge in [0.25, 0.3) is 0 Å². The topological polar surface area (TPSA) is 49.9 Å². The molecule has 1 saturated heterocycles. The molecule has 0 unspecified atom stereocenters. The first-order valence-electron chi connectivity index (χ1n) is 9.39. The first-order valence-corrected chi connectivity index (χ1v) is 9.39. The molecule has 1 aliphatic carbocycles. The second-order valence-electron chi connectivity index (χ2n) is 7.70. The summed E-state index contributed by atoms with van der Waals surface area (Å²) in [6.07, 6.45) is 2.18. The van der Waals surface area contributed by atoms with Gasteiger partial charge < -0.3 is 14.5 Å². The summed E-state index contributed by atoms with van der Waals surface area (Å²) in [6.45, 7) is 6.33. The number of ether oxygens (including phenoxy) is 1. The molecule has 2 amide bonds. The summed E-state index contributed by atoms with van der Waals surface area (Å²) in [5.41, 5.74) is 0.176. The van der Waals surface area contributed by atoms with Gasteiger partial charge in [-0.3, -0.25) is 4.79 Å². The standard InChI is InChI=1S/C20H27FN2O3/c1-15(2)14-26-19(25)23-11-9-22(10-12-23)18(24)20(7-4-8-20)16-5-3-6-17(21)13-16/h3,5-6,13,15H,4,7-12,14H2,1-2H3. The maximum Gasteiger partial charge on any atom is 0.409 e. The second-order valence-corrected chi connectivity index (χ2v) is 7.70. The highest BCUT2D eigenvalue weighted by molar-refractivity contribution is 5.89. The van der Waals surface area contributed by atoms with Crippen molar-refractivity contribution in [3.05, 3.63) is 35.6 Å². The van der Waals surface area contributed by atoms with E-state index in [9.17, 15) is 14.0 Å². The number of benzene rings is 1. The maximum absolute atomic E-state index is 13.7. The van der Waals surface area contributed by atoms with Crippen molar-refractivity contribution in [3.8, 4) is 0 Å². The van der Waals surface area contributed by atoms with Crippen molar-refractivity contribution in [2.24, 2.45) is 5.92 Å². The number of halogens is 1. The molecule has 3 rings (SSSR count). The van der Waals surface area contributed by atoms with Gasteiger partial charge in [-0.25, -0.2) is 9.18 Å². The molecule has 1 heterocycles. The van der Waals surface area contributed by atoms with Crippen molar-refractivity contribution in [2.75, 3.05) is 32.8 Å². The smallest absolute Gasteiger partial charge is 0.409 e. The van der Waals surface area contributed by atoms with Gasteiger partial charge in [-0.05, 0) is 36.5 Å². The Labute approximate surface area is 154 Å². The molecule has 1 aliphatic heterocycles. The van der Waals surface area contributed by atoms with E-state index in [1.54, 1.807) is 11.0 Å². The third kappa shape index (κ3) is 3.69. The van der Waals surface area contributed by atoms with Crippen LogP contribution in [0.25, 0.3) is 0 Å². The first kappa shape index (κ1) is 18.7. The molecule has 2 aliphatic rings. The van der Waals surface area contributed by atoms with Gasteiger partial charge in [0.1, 0.15) is 5.82 Å². The molecule has 0 radical (unpaired) electrons. The zero-order valence-corrected chi connectivity index (χ0v) is 15.5. The summed E-state index contributed by atoms with van der Waals surface area (Å²) in [4.78, 5) is 28.7. The number of nitrogens with zero attached hydrogens (tertiary/aromatic N) is 2. The van der Waals surface area contributed by atoms with Crippen LogP contribution in [0.15, 0.2) is 24.3 Å². The lowest BCUT2D eigenvalue weighted by molar-refractivity contribution is -0.142. The SMILES string of the molecule is CC(C)COC(=O)N1CCN(C(=O)C2(c3cccc(F)c3)CCC2)CC1. The van der Waals surface area contributed by atoms with Gasteiger partial charge in [0.05, 0.1) is 12.0 Å². The molecule has 0 bridgehead atoms. The van der Waals surface area contributed by atoms with Crippen LogP contribution in [0.4, 0.5) is 9.18 Å². The molecule has 26 heavy (non-hydrogen) atoms. The summed E-state index contributed by atoms with van der Waals surface area (Å²) < 4.78 is 18.9. The average Bonchev–Trinajstić information content (AvgIpc) is 2.59. The number of piperazine rings is 1. The zero-order chi connectivity index (χ0) is 18.7. The molecule has 0 N–H and O–H groups in total. The van der Waals surface area contributed by atoms with Crippen LogP contribution < -0.4 is 0 Å². The van der Waals surface area contributed by atoms with Crippen molar-refractivity contribution in [2.45, 2.75) is 38.5 Å². The molecule has 0 spiro atoms. The normalized spacial score (nSPS) is 19.2. The van der Waals surface area contributed by atoms with Crippen molar-refractivity contribution >= 4 is 12.0 Å². The van der Waals surface area contributed by atoms with Crippen molar-refractivity contribution in [3.63, 3.8) is 0 Å². The van der Waals surface area contributed by atoms with Gasteiger partial charge in [-0.15, -0.1) is 0 Å². The van der Waals surface area contributed by atoms with Crippen molar-refractivity contribution < 1.29 is 18.7 Å². The van der Waals surface area contributed by atoms with E-state index in [0.29, 0.717) is 38.7 Å². The van der Waals surface area contributed by atoms with E-state index < -0.39 is 5.41 Å². The summed E-state index contributed by atoms with van der Waals surface area (Å²) >= 11 is 0. The lowest BCUT2D eigenvalue weighted by Gasteiger charge is -2.46. The molecule has 1 aromatic rings. The minimum absolute atomic E-state index is 0.0598.